The second-order valence-electron chi connectivity index (χ2n) is 6.72. The van der Waals surface area contributed by atoms with Crippen molar-refractivity contribution in [2.24, 2.45) is 0 Å². The van der Waals surface area contributed by atoms with Crippen molar-refractivity contribution in [2.75, 3.05) is 13.2 Å². The zero-order valence-corrected chi connectivity index (χ0v) is 15.2. The van der Waals surface area contributed by atoms with E-state index in [1.54, 1.807) is 42.7 Å². The third kappa shape index (κ3) is 2.87. The number of aliphatic hydroxyl groups is 1. The fourth-order valence-electron chi connectivity index (χ4n) is 3.48. The number of benzene rings is 1. The second-order valence-corrected chi connectivity index (χ2v) is 6.72. The third-order valence-corrected chi connectivity index (χ3v) is 4.99. The highest BCUT2D eigenvalue weighted by Crippen LogP contribution is 2.26. The molecule has 1 aromatic carbocycles. The molecule has 8 heteroatoms. The Bertz CT molecular complexity index is 1070. The first-order valence-electron chi connectivity index (χ1n) is 8.92. The fraction of sp³-hybridized carbons (Fsp3) is 0.250. The molecule has 28 heavy (non-hydrogen) atoms. The molecule has 0 saturated heterocycles. The Morgan fingerprint density at radius 1 is 1.14 bits per heavy atom. The highest BCUT2D eigenvalue weighted by Gasteiger charge is 2.35. The molecule has 1 N–H and O–H groups in total. The van der Waals surface area contributed by atoms with Crippen molar-refractivity contribution in [1.29, 1.82) is 0 Å². The maximum Gasteiger partial charge on any atom is 0.261 e. The Kier molecular flexibility index (Phi) is 4.48. The van der Waals surface area contributed by atoms with Gasteiger partial charge in [-0.1, -0.05) is 12.1 Å². The Morgan fingerprint density at radius 2 is 1.82 bits per heavy atom. The molecule has 8 nitrogen and oxygen atoms in total. The van der Waals surface area contributed by atoms with Crippen LogP contribution in [0.4, 0.5) is 0 Å². The van der Waals surface area contributed by atoms with Crippen LogP contribution in [-0.4, -0.2) is 55.6 Å². The van der Waals surface area contributed by atoms with E-state index in [0.717, 1.165) is 5.39 Å². The van der Waals surface area contributed by atoms with Crippen molar-refractivity contribution in [3.8, 4) is 0 Å². The molecule has 2 aromatic heterocycles. The van der Waals surface area contributed by atoms with Gasteiger partial charge in [0, 0.05) is 30.5 Å². The van der Waals surface area contributed by atoms with Crippen molar-refractivity contribution >= 4 is 28.6 Å². The summed E-state index contributed by atoms with van der Waals surface area (Å²) in [6.45, 7) is 1.42. The van der Waals surface area contributed by atoms with Crippen LogP contribution in [0.15, 0.2) is 42.7 Å². The minimum absolute atomic E-state index is 0.178. The number of pyridine rings is 1. The van der Waals surface area contributed by atoms with Crippen LogP contribution in [0.1, 0.15) is 50.5 Å². The Balaban J connectivity index is 1.53. The van der Waals surface area contributed by atoms with Crippen molar-refractivity contribution in [2.45, 2.75) is 19.3 Å². The molecule has 1 atom stereocenters. The Labute approximate surface area is 160 Å². The van der Waals surface area contributed by atoms with Gasteiger partial charge in [-0.15, -0.1) is 0 Å². The molecular weight excluding hydrogens is 360 g/mol. The molecule has 0 unspecified atom stereocenters. The molecule has 3 aromatic rings. The number of amides is 2. The van der Waals surface area contributed by atoms with E-state index in [0.29, 0.717) is 28.8 Å². The third-order valence-electron chi connectivity index (χ3n) is 4.99. The van der Waals surface area contributed by atoms with Crippen LogP contribution in [0, 0.1) is 0 Å². The molecule has 3 heterocycles. The molecule has 1 aliphatic rings. The van der Waals surface area contributed by atoms with Crippen molar-refractivity contribution in [3.63, 3.8) is 0 Å². The summed E-state index contributed by atoms with van der Waals surface area (Å²) in [5.41, 5.74) is 2.02. The SMILES string of the molecule is CC(=O)n1ncc2cc([C@H](CO)CCN3C(=O)c4ccccc4C3=O)ncc21. The first kappa shape index (κ1) is 18.0. The predicted molar refractivity (Wildman–Crippen MR) is 100 cm³/mol. The van der Waals surface area contributed by atoms with Crippen molar-refractivity contribution < 1.29 is 19.5 Å². The van der Waals surface area contributed by atoms with E-state index < -0.39 is 0 Å². The monoisotopic (exact) mass is 378 g/mol. The van der Waals surface area contributed by atoms with Crippen LogP contribution in [0.3, 0.4) is 0 Å². The van der Waals surface area contributed by atoms with Gasteiger partial charge < -0.3 is 5.11 Å². The number of hydrogen-bond acceptors (Lipinski definition) is 6. The number of aliphatic hydroxyl groups excluding tert-OH is 1. The maximum atomic E-state index is 12.5. The normalized spacial score (nSPS) is 14.6. The number of nitrogens with zero attached hydrogens (tertiary/aromatic N) is 4. The van der Waals surface area contributed by atoms with Crippen LogP contribution in [0.5, 0.6) is 0 Å². The number of fused-ring (bicyclic) bond motifs is 2. The number of hydrogen-bond donors (Lipinski definition) is 1. The minimum atomic E-state index is -0.352. The van der Waals surface area contributed by atoms with E-state index in [4.69, 9.17) is 0 Å². The zero-order valence-electron chi connectivity index (χ0n) is 15.2. The summed E-state index contributed by atoms with van der Waals surface area (Å²) < 4.78 is 1.26. The number of carbonyl (C=O) groups is 3. The maximum absolute atomic E-state index is 12.5. The number of carbonyl (C=O) groups excluding carboxylic acids is 3. The summed E-state index contributed by atoms with van der Waals surface area (Å²) >= 11 is 0. The Morgan fingerprint density at radius 3 is 2.43 bits per heavy atom. The van der Waals surface area contributed by atoms with Gasteiger partial charge in [0.2, 0.25) is 5.91 Å². The summed E-state index contributed by atoms with van der Waals surface area (Å²) in [6, 6.07) is 8.50. The molecule has 4 rings (SSSR count). The molecule has 1 aliphatic heterocycles. The van der Waals surface area contributed by atoms with Crippen LogP contribution >= 0.6 is 0 Å². The average Bonchev–Trinajstić information content (AvgIpc) is 3.23. The van der Waals surface area contributed by atoms with Gasteiger partial charge in [-0.3, -0.25) is 24.3 Å². The van der Waals surface area contributed by atoms with E-state index >= 15 is 0 Å². The number of imide groups is 1. The summed E-state index contributed by atoms with van der Waals surface area (Å²) in [4.78, 5) is 42.1. The lowest BCUT2D eigenvalue weighted by Crippen LogP contribution is -2.32. The number of rotatable bonds is 5. The van der Waals surface area contributed by atoms with E-state index in [-0.39, 0.29) is 36.8 Å². The van der Waals surface area contributed by atoms with Crippen LogP contribution in [0.25, 0.3) is 10.9 Å². The summed E-state index contributed by atoms with van der Waals surface area (Å²) in [7, 11) is 0. The fourth-order valence-corrected chi connectivity index (χ4v) is 3.48. The lowest BCUT2D eigenvalue weighted by Gasteiger charge is -2.18. The molecule has 0 saturated carbocycles. The molecule has 0 spiro atoms. The van der Waals surface area contributed by atoms with Gasteiger partial charge in [-0.05, 0) is 24.6 Å². The largest absolute Gasteiger partial charge is 0.396 e. The highest BCUT2D eigenvalue weighted by molar-refractivity contribution is 6.21. The van der Waals surface area contributed by atoms with Gasteiger partial charge in [0.1, 0.15) is 0 Å². The topological polar surface area (TPSA) is 105 Å². The smallest absolute Gasteiger partial charge is 0.261 e. The minimum Gasteiger partial charge on any atom is -0.396 e. The molecule has 0 fully saturated rings. The van der Waals surface area contributed by atoms with E-state index in [1.807, 2.05) is 0 Å². The standard InChI is InChI=1S/C20H18N4O4/c1-12(26)24-18-10-21-17(8-14(18)9-22-24)13(11-25)6-7-23-19(27)15-4-2-3-5-16(15)20(23)28/h2-5,8-10,13,25H,6-7,11H2,1H3/t13-/m0/s1. The first-order valence-corrected chi connectivity index (χ1v) is 8.92. The van der Waals surface area contributed by atoms with Gasteiger partial charge in [0.25, 0.3) is 11.8 Å². The van der Waals surface area contributed by atoms with Gasteiger partial charge >= 0.3 is 0 Å². The molecule has 0 bridgehead atoms. The first-order chi connectivity index (χ1) is 13.5. The molecule has 0 radical (unpaired) electrons. The predicted octanol–water partition coefficient (Wildman–Crippen LogP) is 1.85. The van der Waals surface area contributed by atoms with Gasteiger partial charge in [-0.25, -0.2) is 0 Å². The quantitative estimate of drug-likeness (QED) is 0.680. The van der Waals surface area contributed by atoms with Crippen LogP contribution < -0.4 is 0 Å². The average molecular weight is 378 g/mol. The van der Waals surface area contributed by atoms with Gasteiger partial charge in [0.15, 0.2) is 0 Å². The lowest BCUT2D eigenvalue weighted by molar-refractivity contribution is 0.0644. The Hall–Kier alpha value is -3.39. The summed E-state index contributed by atoms with van der Waals surface area (Å²) in [5, 5.41) is 14.6. The highest BCUT2D eigenvalue weighted by atomic mass is 16.3. The van der Waals surface area contributed by atoms with E-state index in [1.165, 1.54) is 16.5 Å². The van der Waals surface area contributed by atoms with E-state index in [9.17, 15) is 19.5 Å². The molecule has 142 valence electrons. The van der Waals surface area contributed by atoms with E-state index in [2.05, 4.69) is 10.1 Å². The number of aromatic nitrogens is 3. The van der Waals surface area contributed by atoms with Crippen molar-refractivity contribution in [3.05, 3.63) is 59.5 Å². The molecule has 2 amide bonds. The summed E-state index contributed by atoms with van der Waals surface area (Å²) in [5.74, 6) is -1.20. The van der Waals surface area contributed by atoms with Gasteiger partial charge in [-0.2, -0.15) is 9.78 Å². The summed E-state index contributed by atoms with van der Waals surface area (Å²) in [6.07, 6.45) is 3.49. The molecule has 0 aliphatic carbocycles. The lowest BCUT2D eigenvalue weighted by atomic mass is 10.0. The van der Waals surface area contributed by atoms with Crippen LogP contribution in [0.2, 0.25) is 0 Å². The zero-order chi connectivity index (χ0) is 19.8. The molecular formula is C20H18N4O4. The second kappa shape index (κ2) is 6.97. The van der Waals surface area contributed by atoms with Crippen molar-refractivity contribution in [1.82, 2.24) is 19.7 Å². The van der Waals surface area contributed by atoms with Crippen LogP contribution in [-0.2, 0) is 0 Å². The van der Waals surface area contributed by atoms with Gasteiger partial charge in [0.05, 0.1) is 35.6 Å².